The molecule has 0 saturated heterocycles. The van der Waals surface area contributed by atoms with Gasteiger partial charge in [0.05, 0.1) is 23.0 Å². The fourth-order valence-electron chi connectivity index (χ4n) is 2.40. The third-order valence-corrected chi connectivity index (χ3v) is 3.52. The number of anilines is 1. The van der Waals surface area contributed by atoms with E-state index in [4.69, 9.17) is 0 Å². The Hall–Kier alpha value is -3.15. The number of amides is 1. The predicted octanol–water partition coefficient (Wildman–Crippen LogP) is 4.82. The van der Waals surface area contributed by atoms with Gasteiger partial charge < -0.3 is 5.32 Å². The quantitative estimate of drug-likeness (QED) is 0.694. The van der Waals surface area contributed by atoms with Crippen LogP contribution in [0.2, 0.25) is 0 Å². The molecule has 3 nitrogen and oxygen atoms in total. The number of allylic oxidation sites excluding steroid dienone is 1. The summed E-state index contributed by atoms with van der Waals surface area (Å²) in [5.74, 6) is -0.867. The molecule has 1 aromatic heterocycles. The van der Waals surface area contributed by atoms with E-state index in [9.17, 15) is 18.0 Å². The molecule has 0 fully saturated rings. The Morgan fingerprint density at radius 1 is 1.00 bits per heavy atom. The maximum atomic E-state index is 13.3. The van der Waals surface area contributed by atoms with Crippen LogP contribution in [-0.4, -0.2) is 17.1 Å². The van der Waals surface area contributed by atoms with E-state index in [1.807, 2.05) is 12.1 Å². The second-order valence-corrected chi connectivity index (χ2v) is 5.33. The number of carbonyl (C=O) groups excluding carboxylic acids is 1. The summed E-state index contributed by atoms with van der Waals surface area (Å²) in [5, 5.41) is 3.21. The first-order valence-electron chi connectivity index (χ1n) is 7.43. The van der Waals surface area contributed by atoms with Crippen molar-refractivity contribution in [1.29, 1.82) is 0 Å². The maximum Gasteiger partial charge on any atom is 0.417 e. The number of rotatable bonds is 3. The number of pyridine rings is 1. The first kappa shape index (κ1) is 16.7. The van der Waals surface area contributed by atoms with Crippen molar-refractivity contribution >= 4 is 28.1 Å². The predicted molar refractivity (Wildman–Crippen MR) is 90.8 cm³/mol. The molecule has 25 heavy (non-hydrogen) atoms. The Morgan fingerprint density at radius 2 is 1.68 bits per heavy atom. The average molecular weight is 342 g/mol. The van der Waals surface area contributed by atoms with Gasteiger partial charge in [0.2, 0.25) is 5.91 Å². The molecule has 3 rings (SSSR count). The van der Waals surface area contributed by atoms with E-state index in [1.165, 1.54) is 30.5 Å². The highest BCUT2D eigenvalue weighted by Gasteiger charge is 2.35. The van der Waals surface area contributed by atoms with Gasteiger partial charge in [-0.2, -0.15) is 13.2 Å². The minimum atomic E-state index is -4.64. The summed E-state index contributed by atoms with van der Waals surface area (Å²) in [6, 6.07) is 16.1. The van der Waals surface area contributed by atoms with E-state index in [0.29, 0.717) is 11.8 Å². The number of benzene rings is 2. The molecule has 126 valence electrons. The maximum absolute atomic E-state index is 13.3. The lowest BCUT2D eigenvalue weighted by Crippen LogP contribution is -2.16. The zero-order valence-corrected chi connectivity index (χ0v) is 12.9. The lowest BCUT2D eigenvalue weighted by molar-refractivity contribution is -0.112. The van der Waals surface area contributed by atoms with Crippen LogP contribution in [0.15, 0.2) is 72.9 Å². The molecule has 0 aliphatic carbocycles. The van der Waals surface area contributed by atoms with Crippen LogP contribution in [0.5, 0.6) is 0 Å². The van der Waals surface area contributed by atoms with Gasteiger partial charge in [-0.05, 0) is 17.7 Å². The normalized spacial score (nSPS) is 12.2. The van der Waals surface area contributed by atoms with Gasteiger partial charge in [-0.15, -0.1) is 0 Å². The molecule has 0 atom stereocenters. The minimum Gasteiger partial charge on any atom is -0.321 e. The van der Waals surface area contributed by atoms with Gasteiger partial charge in [-0.25, -0.2) is 0 Å². The zero-order chi connectivity index (χ0) is 17.9. The number of nitrogens with one attached hydrogen (secondary N) is 1. The molecular formula is C19H13F3N2O. The molecule has 0 radical (unpaired) electrons. The van der Waals surface area contributed by atoms with Crippen molar-refractivity contribution in [2.24, 2.45) is 0 Å². The highest BCUT2D eigenvalue weighted by molar-refractivity contribution is 6.05. The highest BCUT2D eigenvalue weighted by atomic mass is 19.4. The molecule has 0 aliphatic heterocycles. The van der Waals surface area contributed by atoms with Gasteiger partial charge in [0.25, 0.3) is 0 Å². The standard InChI is InChI=1S/C19H13F3N2O/c20-19(21,22)16(13-6-2-1-3-7-13)11-18(25)24-15-10-14-8-4-5-9-17(14)23-12-15/h1-12H,(H,24,25)/b16-11+. The van der Waals surface area contributed by atoms with Crippen molar-refractivity contribution in [1.82, 2.24) is 4.98 Å². The molecule has 3 aromatic rings. The molecule has 0 spiro atoms. The van der Waals surface area contributed by atoms with E-state index in [-0.39, 0.29) is 5.56 Å². The van der Waals surface area contributed by atoms with Gasteiger partial charge in [0, 0.05) is 11.5 Å². The smallest absolute Gasteiger partial charge is 0.321 e. The lowest BCUT2D eigenvalue weighted by atomic mass is 10.1. The SMILES string of the molecule is O=C(/C=C(\c1ccccc1)C(F)(F)F)Nc1cnc2ccccc2c1. The van der Waals surface area contributed by atoms with Crippen molar-refractivity contribution in [3.63, 3.8) is 0 Å². The Bertz CT molecular complexity index is 934. The van der Waals surface area contributed by atoms with Crippen LogP contribution in [0.1, 0.15) is 5.56 Å². The number of alkyl halides is 3. The van der Waals surface area contributed by atoms with Gasteiger partial charge in [0.1, 0.15) is 0 Å². The first-order chi connectivity index (χ1) is 11.9. The highest BCUT2D eigenvalue weighted by Crippen LogP contribution is 2.33. The molecule has 0 unspecified atom stereocenters. The van der Waals surface area contributed by atoms with E-state index in [2.05, 4.69) is 10.3 Å². The minimum absolute atomic E-state index is 0.0678. The van der Waals surface area contributed by atoms with E-state index >= 15 is 0 Å². The summed E-state index contributed by atoms with van der Waals surface area (Å²) >= 11 is 0. The van der Waals surface area contributed by atoms with Crippen LogP contribution in [0.4, 0.5) is 18.9 Å². The Balaban J connectivity index is 1.88. The van der Waals surface area contributed by atoms with E-state index < -0.39 is 17.7 Å². The molecular weight excluding hydrogens is 329 g/mol. The van der Waals surface area contributed by atoms with Crippen LogP contribution >= 0.6 is 0 Å². The summed E-state index contributed by atoms with van der Waals surface area (Å²) in [6.45, 7) is 0. The number of fused-ring (bicyclic) bond motifs is 1. The van der Waals surface area contributed by atoms with Gasteiger partial charge in [-0.1, -0.05) is 48.5 Å². The van der Waals surface area contributed by atoms with Gasteiger partial charge >= 0.3 is 6.18 Å². The monoisotopic (exact) mass is 342 g/mol. The van der Waals surface area contributed by atoms with Crippen LogP contribution in [0, 0.1) is 0 Å². The summed E-state index contributed by atoms with van der Waals surface area (Å²) in [7, 11) is 0. The number of halogens is 3. The fraction of sp³-hybridized carbons (Fsp3) is 0.0526. The number of carbonyl (C=O) groups is 1. The summed E-state index contributed by atoms with van der Waals surface area (Å²) < 4.78 is 39.8. The van der Waals surface area contributed by atoms with Crippen LogP contribution in [0.3, 0.4) is 0 Å². The first-order valence-corrected chi connectivity index (χ1v) is 7.43. The molecule has 6 heteroatoms. The number of aromatic nitrogens is 1. The van der Waals surface area contributed by atoms with Crippen molar-refractivity contribution in [3.8, 4) is 0 Å². The third kappa shape index (κ3) is 4.03. The zero-order valence-electron chi connectivity index (χ0n) is 12.9. The number of para-hydroxylation sites is 1. The van der Waals surface area contributed by atoms with Crippen molar-refractivity contribution in [2.45, 2.75) is 6.18 Å². The Kier molecular flexibility index (Phi) is 4.52. The van der Waals surface area contributed by atoms with Gasteiger partial charge in [0.15, 0.2) is 0 Å². The van der Waals surface area contributed by atoms with E-state index in [0.717, 1.165) is 10.9 Å². The Morgan fingerprint density at radius 3 is 2.40 bits per heavy atom. The number of hydrogen-bond acceptors (Lipinski definition) is 2. The summed E-state index contributed by atoms with van der Waals surface area (Å²) in [4.78, 5) is 16.2. The fourth-order valence-corrected chi connectivity index (χ4v) is 2.40. The number of hydrogen-bond donors (Lipinski definition) is 1. The van der Waals surface area contributed by atoms with Crippen LogP contribution < -0.4 is 5.32 Å². The average Bonchev–Trinajstić information content (AvgIpc) is 2.59. The third-order valence-electron chi connectivity index (χ3n) is 3.52. The molecule has 1 heterocycles. The largest absolute Gasteiger partial charge is 0.417 e. The Labute approximate surface area is 141 Å². The second-order valence-electron chi connectivity index (χ2n) is 5.33. The van der Waals surface area contributed by atoms with Crippen molar-refractivity contribution < 1.29 is 18.0 Å². The van der Waals surface area contributed by atoms with E-state index in [1.54, 1.807) is 24.3 Å². The van der Waals surface area contributed by atoms with Crippen molar-refractivity contribution in [2.75, 3.05) is 5.32 Å². The molecule has 1 N–H and O–H groups in total. The second kappa shape index (κ2) is 6.76. The topological polar surface area (TPSA) is 42.0 Å². The summed E-state index contributed by atoms with van der Waals surface area (Å²) in [5.41, 5.74) is -0.00743. The van der Waals surface area contributed by atoms with Crippen LogP contribution in [0.25, 0.3) is 16.5 Å². The lowest BCUT2D eigenvalue weighted by Gasteiger charge is -2.12. The van der Waals surface area contributed by atoms with Crippen LogP contribution in [-0.2, 0) is 4.79 Å². The molecule has 0 aliphatic rings. The molecule has 0 bridgehead atoms. The molecule has 0 saturated carbocycles. The molecule has 2 aromatic carbocycles. The summed E-state index contributed by atoms with van der Waals surface area (Å²) in [6.07, 6.45) is -2.67. The number of nitrogens with zero attached hydrogens (tertiary/aromatic N) is 1. The molecule has 1 amide bonds. The van der Waals surface area contributed by atoms with Gasteiger partial charge in [-0.3, -0.25) is 9.78 Å². The van der Waals surface area contributed by atoms with Crippen molar-refractivity contribution in [3.05, 3.63) is 78.5 Å².